The number of carboxylic acid groups (broad SMARTS) is 1. The molecule has 0 bridgehead atoms. The van der Waals surface area contributed by atoms with Gasteiger partial charge in [-0.3, -0.25) is 19.9 Å². The maximum absolute atomic E-state index is 11.9. The first-order valence-electron chi connectivity index (χ1n) is 6.72. The van der Waals surface area contributed by atoms with Gasteiger partial charge in [0.15, 0.2) is 0 Å². The third kappa shape index (κ3) is 6.51. The number of hydrogen-bond acceptors (Lipinski definition) is 4. The Morgan fingerprint density at radius 1 is 1.24 bits per heavy atom. The average Bonchev–Trinajstić information content (AvgIpc) is 2.45. The van der Waals surface area contributed by atoms with Crippen LogP contribution >= 0.6 is 0 Å². The fraction of sp³-hybridized carbons (Fsp3) is 0.429. The molecule has 3 amide bonds. The van der Waals surface area contributed by atoms with Gasteiger partial charge in [0.2, 0.25) is 5.91 Å². The number of aliphatic carboxylic acids is 1. The van der Waals surface area contributed by atoms with Gasteiger partial charge in [-0.25, -0.2) is 4.79 Å². The Labute approximate surface area is 123 Å². The summed E-state index contributed by atoms with van der Waals surface area (Å²) in [6.45, 7) is 2.65. The molecule has 21 heavy (non-hydrogen) atoms. The van der Waals surface area contributed by atoms with Gasteiger partial charge in [-0.1, -0.05) is 0 Å². The first kappa shape index (κ1) is 16.6. The number of pyridine rings is 1. The molecule has 0 atom stereocenters. The monoisotopic (exact) mass is 293 g/mol. The molecule has 1 aromatic rings. The number of nitrogens with one attached hydrogen (secondary N) is 1. The number of aromatic nitrogens is 1. The van der Waals surface area contributed by atoms with Gasteiger partial charge in [-0.2, -0.15) is 0 Å². The highest BCUT2D eigenvalue weighted by Gasteiger charge is 2.15. The van der Waals surface area contributed by atoms with Gasteiger partial charge in [-0.15, -0.1) is 0 Å². The maximum atomic E-state index is 11.9. The number of carbonyl (C=O) groups is 3. The molecule has 0 saturated heterocycles. The quantitative estimate of drug-likeness (QED) is 0.791. The van der Waals surface area contributed by atoms with Crippen molar-refractivity contribution in [3.05, 3.63) is 30.1 Å². The standard InChI is InChI=1S/C14H19N3O4/c1-2-17(10-11-6-8-15-9-7-11)14(21)16-12(18)4-3-5-13(19)20/h6-9H,2-5,10H2,1H3,(H,19,20)(H,16,18,21). The summed E-state index contributed by atoms with van der Waals surface area (Å²) in [5.74, 6) is -1.42. The Bertz CT molecular complexity index is 490. The van der Waals surface area contributed by atoms with Crippen LogP contribution < -0.4 is 5.32 Å². The molecule has 2 N–H and O–H groups in total. The van der Waals surface area contributed by atoms with E-state index in [1.807, 2.05) is 6.92 Å². The Morgan fingerprint density at radius 3 is 2.48 bits per heavy atom. The van der Waals surface area contributed by atoms with E-state index in [4.69, 9.17) is 5.11 Å². The number of amides is 3. The second kappa shape index (κ2) is 8.68. The molecule has 114 valence electrons. The van der Waals surface area contributed by atoms with Crippen molar-refractivity contribution in [2.45, 2.75) is 32.7 Å². The van der Waals surface area contributed by atoms with Crippen LogP contribution in [0.15, 0.2) is 24.5 Å². The van der Waals surface area contributed by atoms with Crippen molar-refractivity contribution in [3.8, 4) is 0 Å². The van der Waals surface area contributed by atoms with Crippen LogP contribution in [0.2, 0.25) is 0 Å². The summed E-state index contributed by atoms with van der Waals surface area (Å²) >= 11 is 0. The second-order valence-electron chi connectivity index (χ2n) is 4.47. The van der Waals surface area contributed by atoms with Crippen molar-refractivity contribution in [1.82, 2.24) is 15.2 Å². The molecule has 0 saturated carbocycles. The first-order valence-corrected chi connectivity index (χ1v) is 6.72. The molecule has 1 rings (SSSR count). The van der Waals surface area contributed by atoms with E-state index in [1.54, 1.807) is 24.5 Å². The topological polar surface area (TPSA) is 99.6 Å². The molecule has 7 nitrogen and oxygen atoms in total. The Kier molecular flexibility index (Phi) is 6.86. The molecule has 0 radical (unpaired) electrons. The van der Waals surface area contributed by atoms with Crippen molar-refractivity contribution in [2.24, 2.45) is 0 Å². The molecule has 0 aliphatic rings. The normalized spacial score (nSPS) is 9.95. The van der Waals surface area contributed by atoms with E-state index < -0.39 is 17.9 Å². The van der Waals surface area contributed by atoms with Gasteiger partial charge in [0, 0.05) is 38.3 Å². The zero-order chi connectivity index (χ0) is 15.7. The van der Waals surface area contributed by atoms with Crippen molar-refractivity contribution in [3.63, 3.8) is 0 Å². The van der Waals surface area contributed by atoms with Gasteiger partial charge in [0.05, 0.1) is 0 Å². The molecule has 0 fully saturated rings. The largest absolute Gasteiger partial charge is 0.481 e. The van der Waals surface area contributed by atoms with Gasteiger partial charge in [0.1, 0.15) is 0 Å². The number of carboxylic acids is 1. The van der Waals surface area contributed by atoms with Crippen molar-refractivity contribution < 1.29 is 19.5 Å². The predicted molar refractivity (Wildman–Crippen MR) is 75.3 cm³/mol. The number of nitrogens with zero attached hydrogens (tertiary/aromatic N) is 2. The maximum Gasteiger partial charge on any atom is 0.324 e. The number of carbonyl (C=O) groups excluding carboxylic acids is 2. The van der Waals surface area contributed by atoms with Crippen LogP contribution in [0.25, 0.3) is 0 Å². The molecule has 0 aliphatic heterocycles. The van der Waals surface area contributed by atoms with Crippen LogP contribution in [0.1, 0.15) is 31.7 Å². The molecule has 0 unspecified atom stereocenters. The SMILES string of the molecule is CCN(Cc1ccncc1)C(=O)NC(=O)CCCC(=O)O. The van der Waals surface area contributed by atoms with Crippen molar-refractivity contribution >= 4 is 17.9 Å². The minimum atomic E-state index is -0.956. The van der Waals surface area contributed by atoms with Crippen LogP contribution in [0, 0.1) is 0 Å². The van der Waals surface area contributed by atoms with E-state index in [2.05, 4.69) is 10.3 Å². The highest BCUT2D eigenvalue weighted by Crippen LogP contribution is 2.03. The highest BCUT2D eigenvalue weighted by atomic mass is 16.4. The molecular formula is C14H19N3O4. The summed E-state index contributed by atoms with van der Waals surface area (Å²) in [5, 5.41) is 10.8. The first-order chi connectivity index (χ1) is 10.0. The molecular weight excluding hydrogens is 274 g/mol. The van der Waals surface area contributed by atoms with E-state index in [0.717, 1.165) is 5.56 Å². The van der Waals surface area contributed by atoms with Crippen LogP contribution in [0.5, 0.6) is 0 Å². The van der Waals surface area contributed by atoms with Crippen LogP contribution in [-0.4, -0.2) is 39.4 Å². The minimum absolute atomic E-state index is 0.0187. The van der Waals surface area contributed by atoms with Crippen molar-refractivity contribution in [1.29, 1.82) is 0 Å². The summed E-state index contributed by atoms with van der Waals surface area (Å²) in [6.07, 6.45) is 3.42. The molecule has 0 aliphatic carbocycles. The molecule has 0 spiro atoms. The van der Waals surface area contributed by atoms with Gasteiger partial charge in [-0.05, 0) is 31.0 Å². The van der Waals surface area contributed by atoms with Crippen LogP contribution in [0.3, 0.4) is 0 Å². The smallest absolute Gasteiger partial charge is 0.324 e. The Hall–Kier alpha value is -2.44. The number of rotatable bonds is 7. The van der Waals surface area contributed by atoms with Gasteiger partial charge < -0.3 is 10.0 Å². The summed E-state index contributed by atoms with van der Waals surface area (Å²) in [5.41, 5.74) is 0.917. The third-order valence-corrected chi connectivity index (χ3v) is 2.83. The number of urea groups is 1. The van der Waals surface area contributed by atoms with E-state index in [1.165, 1.54) is 4.90 Å². The van der Waals surface area contributed by atoms with Crippen LogP contribution in [0.4, 0.5) is 4.79 Å². The Morgan fingerprint density at radius 2 is 1.90 bits per heavy atom. The molecule has 7 heteroatoms. The lowest BCUT2D eigenvalue weighted by molar-refractivity contribution is -0.137. The average molecular weight is 293 g/mol. The lowest BCUT2D eigenvalue weighted by Crippen LogP contribution is -2.42. The summed E-state index contributed by atoms with van der Waals surface area (Å²) in [6, 6.07) is 3.12. The highest BCUT2D eigenvalue weighted by molar-refractivity contribution is 5.94. The van der Waals surface area contributed by atoms with E-state index in [9.17, 15) is 14.4 Å². The lowest BCUT2D eigenvalue weighted by atomic mass is 10.2. The van der Waals surface area contributed by atoms with E-state index in [-0.39, 0.29) is 19.3 Å². The zero-order valence-electron chi connectivity index (χ0n) is 11.9. The lowest BCUT2D eigenvalue weighted by Gasteiger charge is -2.20. The molecule has 0 aromatic carbocycles. The summed E-state index contributed by atoms with van der Waals surface area (Å²) in [4.78, 5) is 39.2. The van der Waals surface area contributed by atoms with E-state index in [0.29, 0.717) is 13.1 Å². The van der Waals surface area contributed by atoms with Crippen LogP contribution in [-0.2, 0) is 16.1 Å². The fourth-order valence-electron chi connectivity index (χ4n) is 1.70. The number of hydrogen-bond donors (Lipinski definition) is 2. The fourth-order valence-corrected chi connectivity index (χ4v) is 1.70. The summed E-state index contributed by atoms with van der Waals surface area (Å²) < 4.78 is 0. The number of imide groups is 1. The third-order valence-electron chi connectivity index (χ3n) is 2.83. The van der Waals surface area contributed by atoms with Gasteiger partial charge in [0.25, 0.3) is 0 Å². The minimum Gasteiger partial charge on any atom is -0.481 e. The van der Waals surface area contributed by atoms with E-state index >= 15 is 0 Å². The summed E-state index contributed by atoms with van der Waals surface area (Å²) in [7, 11) is 0. The Balaban J connectivity index is 2.44. The zero-order valence-corrected chi connectivity index (χ0v) is 11.9. The second-order valence-corrected chi connectivity index (χ2v) is 4.47. The predicted octanol–water partition coefficient (Wildman–Crippen LogP) is 1.39. The molecule has 1 heterocycles. The van der Waals surface area contributed by atoms with Gasteiger partial charge >= 0.3 is 12.0 Å². The van der Waals surface area contributed by atoms with Crippen molar-refractivity contribution in [2.75, 3.05) is 6.54 Å². The molecule has 1 aromatic heterocycles.